The summed E-state index contributed by atoms with van der Waals surface area (Å²) in [4.78, 5) is 25.7. The minimum Gasteiger partial charge on any atom is -0.382 e. The van der Waals surface area contributed by atoms with Gasteiger partial charge < -0.3 is 4.90 Å². The van der Waals surface area contributed by atoms with Crippen molar-refractivity contribution in [2.24, 2.45) is 9.98 Å². The molecule has 26 heavy (non-hydrogen) atoms. The number of amides is 1. The van der Waals surface area contributed by atoms with Gasteiger partial charge in [0.2, 0.25) is 0 Å². The number of aliphatic imine (C=N–C) groups is 2. The summed E-state index contributed by atoms with van der Waals surface area (Å²) in [5.41, 5.74) is 3.78. The van der Waals surface area contributed by atoms with Gasteiger partial charge in [0, 0.05) is 36.4 Å². The van der Waals surface area contributed by atoms with E-state index in [9.17, 15) is 4.79 Å². The third-order valence-corrected chi connectivity index (χ3v) is 4.43. The van der Waals surface area contributed by atoms with Crippen LogP contribution in [0.2, 0.25) is 5.02 Å². The van der Waals surface area contributed by atoms with Gasteiger partial charge in [-0.25, -0.2) is 4.99 Å². The largest absolute Gasteiger partial charge is 0.382 e. The van der Waals surface area contributed by atoms with E-state index in [0.717, 1.165) is 22.5 Å². The third kappa shape index (κ3) is 2.80. The van der Waals surface area contributed by atoms with Gasteiger partial charge in [0.15, 0.2) is 0 Å². The summed E-state index contributed by atoms with van der Waals surface area (Å²) < 4.78 is 0. The maximum Gasteiger partial charge on any atom is 0.284 e. The zero-order chi connectivity index (χ0) is 18.3. The molecule has 5 nitrogen and oxygen atoms in total. The van der Waals surface area contributed by atoms with Gasteiger partial charge in [-0.1, -0.05) is 41.9 Å². The Morgan fingerprint density at radius 1 is 1.15 bits per heavy atom. The van der Waals surface area contributed by atoms with Gasteiger partial charge >= 0.3 is 0 Å². The molecule has 0 spiro atoms. The second-order valence-electron chi connectivity index (χ2n) is 6.34. The van der Waals surface area contributed by atoms with Gasteiger partial charge in [-0.05, 0) is 18.2 Å². The summed E-state index contributed by atoms with van der Waals surface area (Å²) in [6.45, 7) is 0.326. The molecule has 0 aliphatic carbocycles. The van der Waals surface area contributed by atoms with E-state index in [4.69, 9.17) is 16.6 Å². The quantitative estimate of drug-likeness (QED) is 0.767. The van der Waals surface area contributed by atoms with Crippen LogP contribution in [0.25, 0.3) is 0 Å². The van der Waals surface area contributed by atoms with Crippen LogP contribution in [0.15, 0.2) is 70.4 Å². The van der Waals surface area contributed by atoms with Crippen molar-refractivity contribution >= 4 is 34.7 Å². The molecule has 0 radical (unpaired) electrons. The van der Waals surface area contributed by atoms with Crippen LogP contribution >= 0.6 is 11.6 Å². The molecule has 6 heteroatoms. The molecular weight excluding hydrogens is 348 g/mol. The summed E-state index contributed by atoms with van der Waals surface area (Å²) >= 11 is 6.25. The lowest BCUT2D eigenvalue weighted by Gasteiger charge is -2.19. The highest BCUT2D eigenvalue weighted by Gasteiger charge is 2.35. The van der Waals surface area contributed by atoms with Crippen LogP contribution in [-0.4, -0.2) is 43.0 Å². The predicted octanol–water partition coefficient (Wildman–Crippen LogP) is 3.34. The third-order valence-electron chi connectivity index (χ3n) is 4.19. The van der Waals surface area contributed by atoms with Crippen LogP contribution in [-0.2, 0) is 4.79 Å². The number of hydrogen-bond acceptors (Lipinski definition) is 4. The predicted molar refractivity (Wildman–Crippen MR) is 105 cm³/mol. The van der Waals surface area contributed by atoms with Gasteiger partial charge in [0.05, 0.1) is 17.9 Å². The molecule has 130 valence electrons. The summed E-state index contributed by atoms with van der Waals surface area (Å²) in [6.07, 6.45) is 1.72. The monoisotopic (exact) mass is 364 g/mol. The maximum absolute atomic E-state index is 13.0. The Labute approximate surface area is 156 Å². The lowest BCUT2D eigenvalue weighted by atomic mass is 10.00. The summed E-state index contributed by atoms with van der Waals surface area (Å²) in [5, 5.41) is 0.600. The molecule has 2 aromatic rings. The van der Waals surface area contributed by atoms with Gasteiger partial charge in [-0.3, -0.25) is 14.7 Å². The van der Waals surface area contributed by atoms with E-state index in [1.165, 1.54) is 0 Å². The molecule has 2 aromatic carbocycles. The van der Waals surface area contributed by atoms with E-state index in [-0.39, 0.29) is 5.91 Å². The average molecular weight is 365 g/mol. The lowest BCUT2D eigenvalue weighted by molar-refractivity contribution is -0.114. The Bertz CT molecular complexity index is 977. The van der Waals surface area contributed by atoms with Crippen LogP contribution in [0.1, 0.15) is 11.1 Å². The summed E-state index contributed by atoms with van der Waals surface area (Å²) in [7, 11) is 3.73. The van der Waals surface area contributed by atoms with Crippen molar-refractivity contribution in [1.82, 2.24) is 4.90 Å². The minimum atomic E-state index is -0.151. The van der Waals surface area contributed by atoms with Gasteiger partial charge in [-0.2, -0.15) is 0 Å². The standard InChI is InChI=1S/C20H17ClN4O/c1-24(2)12-16-20(26)25-17-9-8-14(21)10-15(17)19(22-11-18(25)23-16)13-6-4-3-5-7-13/h3-10,12H,11H2,1-2H3/b16-12-. The van der Waals surface area contributed by atoms with Crippen LogP contribution in [0.3, 0.4) is 0 Å². The van der Waals surface area contributed by atoms with Crippen molar-refractivity contribution in [1.29, 1.82) is 0 Å². The molecule has 2 aliphatic heterocycles. The van der Waals surface area contributed by atoms with E-state index in [1.54, 1.807) is 17.2 Å². The first kappa shape index (κ1) is 16.5. The molecule has 0 fully saturated rings. The highest BCUT2D eigenvalue weighted by Crippen LogP contribution is 2.33. The molecule has 0 unspecified atom stereocenters. The number of carbonyl (C=O) groups excluding carboxylic acids is 1. The Morgan fingerprint density at radius 3 is 2.65 bits per heavy atom. The highest BCUT2D eigenvalue weighted by molar-refractivity contribution is 6.34. The van der Waals surface area contributed by atoms with Gasteiger partial charge in [0.25, 0.3) is 5.91 Å². The second-order valence-corrected chi connectivity index (χ2v) is 6.78. The average Bonchev–Trinajstić information content (AvgIpc) is 2.82. The molecule has 2 heterocycles. The topological polar surface area (TPSA) is 48.3 Å². The number of benzene rings is 2. The number of nitrogens with zero attached hydrogens (tertiary/aromatic N) is 4. The molecule has 0 bridgehead atoms. The van der Waals surface area contributed by atoms with Crippen molar-refractivity contribution in [3.63, 3.8) is 0 Å². The van der Waals surface area contributed by atoms with Crippen LogP contribution in [0.5, 0.6) is 0 Å². The SMILES string of the molecule is CN(C)/C=C1\N=C2CN=C(c3ccccc3)c3cc(Cl)ccc3N2C1=O. The molecule has 0 saturated heterocycles. The Balaban J connectivity index is 1.91. The normalized spacial score (nSPS) is 17.4. The Kier molecular flexibility index (Phi) is 4.09. The summed E-state index contributed by atoms with van der Waals surface area (Å²) in [6, 6.07) is 15.4. The number of rotatable bonds is 2. The highest BCUT2D eigenvalue weighted by atomic mass is 35.5. The first-order valence-electron chi connectivity index (χ1n) is 8.24. The van der Waals surface area contributed by atoms with Gasteiger partial charge in [-0.15, -0.1) is 0 Å². The molecule has 0 saturated carbocycles. The van der Waals surface area contributed by atoms with Crippen LogP contribution in [0, 0.1) is 0 Å². The first-order valence-corrected chi connectivity index (χ1v) is 8.62. The van der Waals surface area contributed by atoms with Crippen LogP contribution < -0.4 is 4.90 Å². The van der Waals surface area contributed by atoms with Crippen molar-refractivity contribution < 1.29 is 4.79 Å². The van der Waals surface area contributed by atoms with E-state index < -0.39 is 0 Å². The first-order chi connectivity index (χ1) is 12.5. The molecule has 4 rings (SSSR count). The van der Waals surface area contributed by atoms with E-state index >= 15 is 0 Å². The fourth-order valence-electron chi connectivity index (χ4n) is 3.12. The van der Waals surface area contributed by atoms with Crippen molar-refractivity contribution in [3.8, 4) is 0 Å². The van der Waals surface area contributed by atoms with E-state index in [0.29, 0.717) is 23.1 Å². The number of hydrogen-bond donors (Lipinski definition) is 0. The van der Waals surface area contributed by atoms with Crippen molar-refractivity contribution in [3.05, 3.63) is 76.6 Å². The fraction of sp³-hybridized carbons (Fsp3) is 0.150. The van der Waals surface area contributed by atoms with Crippen molar-refractivity contribution in [2.75, 3.05) is 25.5 Å². The van der Waals surface area contributed by atoms with Crippen LogP contribution in [0.4, 0.5) is 5.69 Å². The summed E-state index contributed by atoms with van der Waals surface area (Å²) in [5.74, 6) is 0.472. The number of anilines is 1. The maximum atomic E-state index is 13.0. The molecule has 0 atom stereocenters. The van der Waals surface area contributed by atoms with E-state index in [1.807, 2.05) is 61.5 Å². The van der Waals surface area contributed by atoms with Gasteiger partial charge in [0.1, 0.15) is 11.5 Å². The fourth-order valence-corrected chi connectivity index (χ4v) is 3.29. The zero-order valence-electron chi connectivity index (χ0n) is 14.5. The number of carbonyl (C=O) groups is 1. The smallest absolute Gasteiger partial charge is 0.284 e. The Hall–Kier alpha value is -2.92. The number of halogens is 1. The van der Waals surface area contributed by atoms with E-state index in [2.05, 4.69) is 4.99 Å². The number of fused-ring (bicyclic) bond motifs is 3. The van der Waals surface area contributed by atoms with Crippen molar-refractivity contribution in [2.45, 2.75) is 0 Å². The number of amidine groups is 1. The molecule has 0 aromatic heterocycles. The molecular formula is C20H17ClN4O. The molecule has 2 aliphatic rings. The second kappa shape index (κ2) is 6.42. The zero-order valence-corrected chi connectivity index (χ0v) is 15.2. The lowest BCUT2D eigenvalue weighted by Crippen LogP contribution is -2.33. The molecule has 1 amide bonds. The Morgan fingerprint density at radius 2 is 1.92 bits per heavy atom. The molecule has 0 N–H and O–H groups in total. The minimum absolute atomic E-state index is 0.151.